The Morgan fingerprint density at radius 2 is 2.50 bits per heavy atom. The molecule has 1 saturated heterocycles. The summed E-state index contributed by atoms with van der Waals surface area (Å²) in [6.07, 6.45) is 1.17. The van der Waals surface area contributed by atoms with Crippen LogP contribution in [0.4, 0.5) is 5.00 Å². The molecule has 1 atom stereocenters. The predicted molar refractivity (Wildman–Crippen MR) is 72.4 cm³/mol. The number of hydrogen-bond acceptors (Lipinski definition) is 5. The van der Waals surface area contributed by atoms with Crippen molar-refractivity contribution < 1.29 is 9.90 Å². The third kappa shape index (κ3) is 3.00. The van der Waals surface area contributed by atoms with E-state index in [1.165, 1.54) is 17.8 Å². The van der Waals surface area contributed by atoms with Crippen LogP contribution in [0.15, 0.2) is 5.51 Å². The number of aromatic carboxylic acids is 1. The van der Waals surface area contributed by atoms with Gasteiger partial charge < -0.3 is 15.3 Å². The van der Waals surface area contributed by atoms with Gasteiger partial charge in [-0.15, -0.1) is 11.3 Å². The van der Waals surface area contributed by atoms with Gasteiger partial charge in [0.15, 0.2) is 5.69 Å². The molecular formula is C12H19N3O2S. The SMILES string of the molecule is CC(C)N1CCC(CNc2scnc2C(=O)O)C1. The molecule has 0 aromatic carbocycles. The number of anilines is 1. The number of nitrogens with one attached hydrogen (secondary N) is 1. The van der Waals surface area contributed by atoms with Crippen molar-refractivity contribution in [3.63, 3.8) is 0 Å². The van der Waals surface area contributed by atoms with Crippen LogP contribution >= 0.6 is 11.3 Å². The van der Waals surface area contributed by atoms with Crippen LogP contribution in [0.3, 0.4) is 0 Å². The van der Waals surface area contributed by atoms with Crippen LogP contribution < -0.4 is 5.32 Å². The molecule has 1 aliphatic heterocycles. The Labute approximate surface area is 111 Å². The lowest BCUT2D eigenvalue weighted by Crippen LogP contribution is -2.29. The lowest BCUT2D eigenvalue weighted by atomic mass is 10.1. The van der Waals surface area contributed by atoms with Crippen molar-refractivity contribution >= 4 is 22.3 Å². The quantitative estimate of drug-likeness (QED) is 0.855. The molecule has 2 N–H and O–H groups in total. The van der Waals surface area contributed by atoms with Crippen molar-refractivity contribution in [1.82, 2.24) is 9.88 Å². The van der Waals surface area contributed by atoms with Crippen LogP contribution in [0.2, 0.25) is 0 Å². The van der Waals surface area contributed by atoms with Gasteiger partial charge in [-0.05, 0) is 32.7 Å². The third-order valence-electron chi connectivity index (χ3n) is 3.37. The molecule has 0 amide bonds. The number of carboxylic acids is 1. The van der Waals surface area contributed by atoms with E-state index in [0.29, 0.717) is 17.0 Å². The average Bonchev–Trinajstić information content (AvgIpc) is 2.95. The van der Waals surface area contributed by atoms with E-state index in [-0.39, 0.29) is 5.69 Å². The average molecular weight is 269 g/mol. The second kappa shape index (κ2) is 5.67. The van der Waals surface area contributed by atoms with Gasteiger partial charge in [-0.25, -0.2) is 9.78 Å². The van der Waals surface area contributed by atoms with Crippen LogP contribution in [0, 0.1) is 5.92 Å². The maximum absolute atomic E-state index is 10.9. The molecule has 2 rings (SSSR count). The molecule has 1 fully saturated rings. The monoisotopic (exact) mass is 269 g/mol. The lowest BCUT2D eigenvalue weighted by Gasteiger charge is -2.20. The Morgan fingerprint density at radius 3 is 3.11 bits per heavy atom. The predicted octanol–water partition coefficient (Wildman–Crippen LogP) is 1.98. The van der Waals surface area contributed by atoms with Crippen molar-refractivity contribution in [2.45, 2.75) is 26.3 Å². The fraction of sp³-hybridized carbons (Fsp3) is 0.667. The Bertz CT molecular complexity index is 419. The first-order chi connectivity index (χ1) is 8.58. The number of carboxylic acid groups (broad SMARTS) is 1. The summed E-state index contributed by atoms with van der Waals surface area (Å²) >= 11 is 1.35. The molecule has 0 saturated carbocycles. The molecule has 1 unspecified atom stereocenters. The minimum absolute atomic E-state index is 0.138. The molecule has 1 aliphatic rings. The fourth-order valence-electron chi connectivity index (χ4n) is 2.26. The summed E-state index contributed by atoms with van der Waals surface area (Å²) < 4.78 is 0. The van der Waals surface area contributed by atoms with Gasteiger partial charge in [0.2, 0.25) is 0 Å². The zero-order chi connectivity index (χ0) is 13.1. The van der Waals surface area contributed by atoms with E-state index in [0.717, 1.165) is 19.6 Å². The summed E-state index contributed by atoms with van der Waals surface area (Å²) in [4.78, 5) is 17.2. The molecule has 18 heavy (non-hydrogen) atoms. The van der Waals surface area contributed by atoms with E-state index >= 15 is 0 Å². The van der Waals surface area contributed by atoms with E-state index in [4.69, 9.17) is 5.11 Å². The lowest BCUT2D eigenvalue weighted by molar-refractivity contribution is 0.0692. The summed E-state index contributed by atoms with van der Waals surface area (Å²) in [6.45, 7) is 7.47. The number of carbonyl (C=O) groups is 1. The number of thiazole rings is 1. The molecule has 1 aromatic heterocycles. The minimum atomic E-state index is -0.964. The molecule has 1 aromatic rings. The van der Waals surface area contributed by atoms with Crippen LogP contribution in [-0.2, 0) is 0 Å². The van der Waals surface area contributed by atoms with E-state index in [2.05, 4.69) is 29.0 Å². The van der Waals surface area contributed by atoms with Crippen molar-refractivity contribution in [3.8, 4) is 0 Å². The van der Waals surface area contributed by atoms with Gasteiger partial charge in [0, 0.05) is 19.1 Å². The Hall–Kier alpha value is -1.14. The molecule has 100 valence electrons. The minimum Gasteiger partial charge on any atom is -0.476 e. The van der Waals surface area contributed by atoms with E-state index in [9.17, 15) is 4.79 Å². The smallest absolute Gasteiger partial charge is 0.357 e. The molecule has 5 nitrogen and oxygen atoms in total. The topological polar surface area (TPSA) is 65.5 Å². The normalized spacial score (nSPS) is 20.5. The first-order valence-electron chi connectivity index (χ1n) is 6.22. The molecular weight excluding hydrogens is 250 g/mol. The molecule has 2 heterocycles. The van der Waals surface area contributed by atoms with Crippen molar-refractivity contribution in [3.05, 3.63) is 11.2 Å². The molecule has 0 bridgehead atoms. The second-order valence-electron chi connectivity index (χ2n) is 4.96. The molecule has 0 radical (unpaired) electrons. The van der Waals surface area contributed by atoms with Gasteiger partial charge in [-0.3, -0.25) is 0 Å². The largest absolute Gasteiger partial charge is 0.476 e. The Balaban J connectivity index is 1.85. The summed E-state index contributed by atoms with van der Waals surface area (Å²) in [5.74, 6) is -0.370. The van der Waals surface area contributed by atoms with E-state index in [1.807, 2.05) is 0 Å². The zero-order valence-electron chi connectivity index (χ0n) is 10.7. The van der Waals surface area contributed by atoms with Gasteiger partial charge in [0.05, 0.1) is 5.51 Å². The number of hydrogen-bond donors (Lipinski definition) is 2. The van der Waals surface area contributed by atoms with Crippen LogP contribution in [-0.4, -0.2) is 46.6 Å². The zero-order valence-corrected chi connectivity index (χ0v) is 11.5. The van der Waals surface area contributed by atoms with Gasteiger partial charge in [-0.1, -0.05) is 0 Å². The van der Waals surface area contributed by atoms with Crippen LogP contribution in [0.1, 0.15) is 30.8 Å². The third-order valence-corrected chi connectivity index (χ3v) is 4.15. The fourth-order valence-corrected chi connectivity index (χ4v) is 2.94. The summed E-state index contributed by atoms with van der Waals surface area (Å²) in [5.41, 5.74) is 1.71. The van der Waals surface area contributed by atoms with Gasteiger partial charge in [0.1, 0.15) is 5.00 Å². The number of aromatic nitrogens is 1. The van der Waals surface area contributed by atoms with Gasteiger partial charge >= 0.3 is 5.97 Å². The molecule has 0 spiro atoms. The van der Waals surface area contributed by atoms with Gasteiger partial charge in [-0.2, -0.15) is 0 Å². The van der Waals surface area contributed by atoms with Crippen LogP contribution in [0.25, 0.3) is 0 Å². The highest BCUT2D eigenvalue weighted by atomic mass is 32.1. The summed E-state index contributed by atoms with van der Waals surface area (Å²) in [6, 6.07) is 0.591. The first kappa shape index (κ1) is 13.3. The Morgan fingerprint density at radius 1 is 1.72 bits per heavy atom. The maximum Gasteiger partial charge on any atom is 0.357 e. The van der Waals surface area contributed by atoms with E-state index < -0.39 is 5.97 Å². The molecule has 6 heteroatoms. The van der Waals surface area contributed by atoms with Crippen molar-refractivity contribution in [1.29, 1.82) is 0 Å². The highest BCUT2D eigenvalue weighted by Crippen LogP contribution is 2.23. The van der Waals surface area contributed by atoms with Crippen molar-refractivity contribution in [2.24, 2.45) is 5.92 Å². The second-order valence-corrected chi connectivity index (χ2v) is 5.81. The van der Waals surface area contributed by atoms with E-state index in [1.54, 1.807) is 5.51 Å². The van der Waals surface area contributed by atoms with Crippen LogP contribution in [0.5, 0.6) is 0 Å². The van der Waals surface area contributed by atoms with Gasteiger partial charge in [0.25, 0.3) is 0 Å². The maximum atomic E-state index is 10.9. The first-order valence-corrected chi connectivity index (χ1v) is 7.10. The standard InChI is InChI=1S/C12H19N3O2S/c1-8(2)15-4-3-9(6-15)5-13-11-10(12(16)17)14-7-18-11/h7-9,13H,3-6H2,1-2H3,(H,16,17). The highest BCUT2D eigenvalue weighted by molar-refractivity contribution is 7.14. The number of likely N-dealkylation sites (tertiary alicyclic amines) is 1. The molecule has 0 aliphatic carbocycles. The van der Waals surface area contributed by atoms with Crippen molar-refractivity contribution in [2.75, 3.05) is 25.0 Å². The summed E-state index contributed by atoms with van der Waals surface area (Å²) in [7, 11) is 0. The summed E-state index contributed by atoms with van der Waals surface area (Å²) in [5, 5.41) is 12.9. The Kier molecular flexibility index (Phi) is 4.19. The highest BCUT2D eigenvalue weighted by Gasteiger charge is 2.24. The number of rotatable bonds is 5. The number of nitrogens with zero attached hydrogens (tertiary/aromatic N) is 2.